The zero-order chi connectivity index (χ0) is 21.6. The van der Waals surface area contributed by atoms with Crippen LogP contribution in [0.4, 0.5) is 0 Å². The van der Waals surface area contributed by atoms with E-state index in [1.165, 1.54) is 18.5 Å². The van der Waals surface area contributed by atoms with Crippen LogP contribution in [0.25, 0.3) is 0 Å². The summed E-state index contributed by atoms with van der Waals surface area (Å²) in [6.45, 7) is 4.96. The minimum Gasteiger partial charge on any atom is -0.477 e. The Labute approximate surface area is 180 Å². The van der Waals surface area contributed by atoms with Crippen molar-refractivity contribution in [2.75, 3.05) is 39.3 Å². The summed E-state index contributed by atoms with van der Waals surface area (Å²) in [6.07, 6.45) is 5.81. The van der Waals surface area contributed by atoms with Crippen molar-refractivity contribution in [3.63, 3.8) is 0 Å². The lowest BCUT2D eigenvalue weighted by Gasteiger charge is -2.35. The molecule has 0 atom stereocenters. The van der Waals surface area contributed by atoms with Gasteiger partial charge in [-0.25, -0.2) is 9.59 Å². The second-order valence-corrected chi connectivity index (χ2v) is 7.92. The molecule has 0 unspecified atom stereocenters. The highest BCUT2D eigenvalue weighted by Crippen LogP contribution is 2.19. The quantitative estimate of drug-likeness (QED) is 0.453. The van der Waals surface area contributed by atoms with E-state index in [0.717, 1.165) is 50.4 Å². The molecule has 0 aromatic carbocycles. The molecule has 0 saturated carbocycles. The maximum Gasteiger partial charge on any atom is 0.334 e. The van der Waals surface area contributed by atoms with E-state index >= 15 is 0 Å². The van der Waals surface area contributed by atoms with Crippen LogP contribution in [-0.4, -0.2) is 83.0 Å². The first-order chi connectivity index (χ1) is 15.1. The van der Waals surface area contributed by atoms with Crippen molar-refractivity contribution in [3.8, 4) is 5.88 Å². The molecule has 3 aliphatic heterocycles. The summed E-state index contributed by atoms with van der Waals surface area (Å²) in [4.78, 5) is 39.3. The number of amides is 1. The van der Waals surface area contributed by atoms with Crippen LogP contribution in [0.15, 0.2) is 18.2 Å². The summed E-state index contributed by atoms with van der Waals surface area (Å²) in [5.74, 6) is -1.30. The fourth-order valence-electron chi connectivity index (χ4n) is 3.97. The monoisotopic (exact) mass is 432 g/mol. The van der Waals surface area contributed by atoms with Crippen molar-refractivity contribution in [1.82, 2.24) is 19.6 Å². The Hall–Kier alpha value is -2.88. The van der Waals surface area contributed by atoms with Gasteiger partial charge in [-0.2, -0.15) is 0 Å². The van der Waals surface area contributed by atoms with Crippen molar-refractivity contribution >= 4 is 17.8 Å². The minimum atomic E-state index is -1.51. The van der Waals surface area contributed by atoms with Gasteiger partial charge in [-0.15, -0.1) is 5.10 Å². The van der Waals surface area contributed by atoms with Gasteiger partial charge in [-0.05, 0) is 38.6 Å². The lowest BCUT2D eigenvalue weighted by atomic mass is 10.1. The average Bonchev–Trinajstić information content (AvgIpc) is 3.11. The molecule has 31 heavy (non-hydrogen) atoms. The Morgan fingerprint density at radius 3 is 2.48 bits per heavy atom. The summed E-state index contributed by atoms with van der Waals surface area (Å²) < 4.78 is 17.6. The zero-order valence-electron chi connectivity index (χ0n) is 17.5. The molecule has 0 N–H and O–H groups in total. The van der Waals surface area contributed by atoms with Crippen molar-refractivity contribution in [2.24, 2.45) is 0 Å². The largest absolute Gasteiger partial charge is 0.477 e. The third-order valence-corrected chi connectivity index (χ3v) is 5.70. The van der Waals surface area contributed by atoms with Gasteiger partial charge in [0.2, 0.25) is 5.88 Å². The smallest absolute Gasteiger partial charge is 0.334 e. The van der Waals surface area contributed by atoms with E-state index in [2.05, 4.69) is 10.00 Å². The number of unbranched alkanes of at least 4 members (excludes halogenated alkanes) is 1. The van der Waals surface area contributed by atoms with E-state index < -0.39 is 24.1 Å². The van der Waals surface area contributed by atoms with E-state index in [-0.39, 0.29) is 0 Å². The number of carbonyl (C=O) groups excluding carboxylic acids is 3. The van der Waals surface area contributed by atoms with Gasteiger partial charge >= 0.3 is 24.1 Å². The Balaban J connectivity index is 1.12. The molecule has 10 nitrogen and oxygen atoms in total. The lowest BCUT2D eigenvalue weighted by molar-refractivity contribution is -0.191. The van der Waals surface area contributed by atoms with Gasteiger partial charge in [0, 0.05) is 56.6 Å². The molecular weight excluding hydrogens is 404 g/mol. The SMILES string of the molecule is O=C1C=CC(=O)OC(C(=O)N2CCN(CCCCOc3cc4n(n3)CCCC4)CC2)O1. The molecule has 168 valence electrons. The van der Waals surface area contributed by atoms with E-state index in [0.29, 0.717) is 32.8 Å². The number of piperazine rings is 1. The molecule has 1 saturated heterocycles. The van der Waals surface area contributed by atoms with Gasteiger partial charge in [-0.3, -0.25) is 14.4 Å². The number of esters is 2. The molecule has 0 radical (unpaired) electrons. The Bertz CT molecular complexity index is 799. The number of aryl methyl sites for hydroxylation is 2. The summed E-state index contributed by atoms with van der Waals surface area (Å²) in [7, 11) is 0. The number of aromatic nitrogens is 2. The Kier molecular flexibility index (Phi) is 6.86. The predicted molar refractivity (Wildman–Crippen MR) is 108 cm³/mol. The highest BCUT2D eigenvalue weighted by molar-refractivity contribution is 5.96. The van der Waals surface area contributed by atoms with Gasteiger partial charge in [0.25, 0.3) is 0 Å². The standard InChI is InChI=1S/C21H28N4O6/c26-18-6-7-19(27)31-21(30-18)20(28)24-12-10-23(11-13-24)8-3-4-14-29-17-15-16-5-1-2-9-25(16)22-17/h6-7,15,21H,1-5,8-14H2. The summed E-state index contributed by atoms with van der Waals surface area (Å²) in [5.41, 5.74) is 1.26. The number of hydrogen-bond acceptors (Lipinski definition) is 8. The van der Waals surface area contributed by atoms with Gasteiger partial charge in [-0.1, -0.05) is 0 Å². The first kappa shape index (κ1) is 21.4. The van der Waals surface area contributed by atoms with E-state index in [1.54, 1.807) is 4.90 Å². The normalized spacial score (nSPS) is 20.1. The number of fused-ring (bicyclic) bond motifs is 1. The number of hydrogen-bond donors (Lipinski definition) is 0. The van der Waals surface area contributed by atoms with Crippen LogP contribution in [0.2, 0.25) is 0 Å². The molecule has 1 amide bonds. The number of carbonyl (C=O) groups is 3. The van der Waals surface area contributed by atoms with Crippen molar-refractivity contribution in [1.29, 1.82) is 0 Å². The van der Waals surface area contributed by atoms with Crippen LogP contribution in [-0.2, 0) is 36.8 Å². The Morgan fingerprint density at radius 1 is 1.03 bits per heavy atom. The lowest BCUT2D eigenvalue weighted by Crippen LogP contribution is -2.52. The topological polar surface area (TPSA) is 103 Å². The number of nitrogens with zero attached hydrogens (tertiary/aromatic N) is 4. The number of rotatable bonds is 7. The third kappa shape index (κ3) is 5.63. The summed E-state index contributed by atoms with van der Waals surface area (Å²) in [5, 5.41) is 4.50. The molecule has 0 aliphatic carbocycles. The average molecular weight is 432 g/mol. The highest BCUT2D eigenvalue weighted by atomic mass is 16.7. The van der Waals surface area contributed by atoms with Crippen LogP contribution in [0.5, 0.6) is 5.88 Å². The van der Waals surface area contributed by atoms with Crippen LogP contribution >= 0.6 is 0 Å². The van der Waals surface area contributed by atoms with Crippen molar-refractivity contribution in [2.45, 2.75) is 44.9 Å². The van der Waals surface area contributed by atoms with Gasteiger partial charge in [0.1, 0.15) is 0 Å². The van der Waals surface area contributed by atoms with E-state index in [1.807, 2.05) is 10.7 Å². The second-order valence-electron chi connectivity index (χ2n) is 7.92. The maximum atomic E-state index is 12.5. The molecule has 0 bridgehead atoms. The van der Waals surface area contributed by atoms with E-state index in [9.17, 15) is 14.4 Å². The van der Waals surface area contributed by atoms with Crippen LogP contribution in [0.1, 0.15) is 31.4 Å². The molecule has 0 spiro atoms. The van der Waals surface area contributed by atoms with Crippen molar-refractivity contribution in [3.05, 3.63) is 23.9 Å². The molecule has 1 fully saturated rings. The predicted octanol–water partition coefficient (Wildman–Crippen LogP) is 0.505. The molecule has 4 heterocycles. The summed E-state index contributed by atoms with van der Waals surface area (Å²) in [6, 6.07) is 2.05. The molecule has 1 aromatic heterocycles. The minimum absolute atomic E-state index is 0.495. The Morgan fingerprint density at radius 2 is 1.77 bits per heavy atom. The number of ether oxygens (including phenoxy) is 3. The maximum absolute atomic E-state index is 12.5. The first-order valence-corrected chi connectivity index (χ1v) is 10.9. The first-order valence-electron chi connectivity index (χ1n) is 10.9. The third-order valence-electron chi connectivity index (χ3n) is 5.70. The highest BCUT2D eigenvalue weighted by Gasteiger charge is 2.33. The van der Waals surface area contributed by atoms with Gasteiger partial charge in [0.05, 0.1) is 6.61 Å². The van der Waals surface area contributed by atoms with Gasteiger partial charge < -0.3 is 19.1 Å². The van der Waals surface area contributed by atoms with Crippen LogP contribution in [0.3, 0.4) is 0 Å². The molecule has 10 heteroatoms. The fourth-order valence-corrected chi connectivity index (χ4v) is 3.97. The van der Waals surface area contributed by atoms with Crippen LogP contribution < -0.4 is 4.74 Å². The van der Waals surface area contributed by atoms with Gasteiger partial charge in [0.15, 0.2) is 0 Å². The summed E-state index contributed by atoms with van der Waals surface area (Å²) >= 11 is 0. The zero-order valence-corrected chi connectivity index (χ0v) is 17.5. The van der Waals surface area contributed by atoms with Crippen molar-refractivity contribution < 1.29 is 28.6 Å². The molecule has 4 rings (SSSR count). The fraction of sp³-hybridized carbons (Fsp3) is 0.619. The molecule has 3 aliphatic rings. The molecular formula is C21H28N4O6. The van der Waals surface area contributed by atoms with Crippen LogP contribution in [0, 0.1) is 0 Å². The molecule has 1 aromatic rings. The van der Waals surface area contributed by atoms with E-state index in [4.69, 9.17) is 14.2 Å². The number of cyclic esters (lactones) is 2. The second kappa shape index (κ2) is 9.95.